The van der Waals surface area contributed by atoms with Gasteiger partial charge in [0.1, 0.15) is 0 Å². The maximum Gasteiger partial charge on any atom is 0.258 e. The highest BCUT2D eigenvalue weighted by Crippen LogP contribution is 2.30. The molecule has 26 heavy (non-hydrogen) atoms. The Kier molecular flexibility index (Phi) is 4.31. The maximum absolute atomic E-state index is 13.0. The van der Waals surface area contributed by atoms with Gasteiger partial charge in [-0.1, -0.05) is 36.4 Å². The van der Waals surface area contributed by atoms with E-state index in [0.29, 0.717) is 17.6 Å². The Labute approximate surface area is 151 Å². The number of rotatable bonds is 3. The smallest absolute Gasteiger partial charge is 0.258 e. The highest BCUT2D eigenvalue weighted by molar-refractivity contribution is 6.03. The number of pyridine rings is 1. The lowest BCUT2D eigenvalue weighted by Gasteiger charge is -2.19. The van der Waals surface area contributed by atoms with E-state index in [2.05, 4.69) is 22.8 Å². The molecule has 4 rings (SSSR count). The molecule has 0 radical (unpaired) electrons. The first-order valence-corrected chi connectivity index (χ1v) is 8.80. The first-order chi connectivity index (χ1) is 12.6. The lowest BCUT2D eigenvalue weighted by atomic mass is 9.88. The molecule has 1 saturated heterocycles. The molecule has 0 bridgehead atoms. The summed E-state index contributed by atoms with van der Waals surface area (Å²) in [6.07, 6.45) is 1.73. The van der Waals surface area contributed by atoms with Crippen molar-refractivity contribution in [3.63, 3.8) is 0 Å². The van der Waals surface area contributed by atoms with E-state index in [1.807, 2.05) is 30.3 Å². The van der Waals surface area contributed by atoms with Crippen LogP contribution in [0.15, 0.2) is 65.6 Å². The van der Waals surface area contributed by atoms with Crippen LogP contribution in [0.1, 0.15) is 11.5 Å². The van der Waals surface area contributed by atoms with Crippen LogP contribution in [0.4, 0.5) is 5.69 Å². The van der Waals surface area contributed by atoms with E-state index in [-0.39, 0.29) is 23.3 Å². The topological polar surface area (TPSA) is 63.1 Å². The SMILES string of the molecule is Cn1ccc2c(NC(=O)C3CNCC3c3ccccc3)cccc2c1=O. The third kappa shape index (κ3) is 2.91. The summed E-state index contributed by atoms with van der Waals surface area (Å²) in [7, 11) is 1.72. The number of benzene rings is 2. The molecule has 1 aliphatic heterocycles. The summed E-state index contributed by atoms with van der Waals surface area (Å²) in [5.41, 5.74) is 1.79. The predicted molar refractivity (Wildman–Crippen MR) is 103 cm³/mol. The first-order valence-electron chi connectivity index (χ1n) is 8.80. The number of carbonyl (C=O) groups is 1. The van der Waals surface area contributed by atoms with Crippen molar-refractivity contribution in [2.24, 2.45) is 13.0 Å². The van der Waals surface area contributed by atoms with Gasteiger partial charge in [0, 0.05) is 48.7 Å². The van der Waals surface area contributed by atoms with Crippen LogP contribution < -0.4 is 16.2 Å². The Balaban J connectivity index is 1.63. The second-order valence-corrected chi connectivity index (χ2v) is 6.77. The minimum absolute atomic E-state index is 0.0166. The molecule has 2 unspecified atom stereocenters. The normalized spacial score (nSPS) is 19.6. The number of carbonyl (C=O) groups excluding carboxylic acids is 1. The number of nitrogens with one attached hydrogen (secondary N) is 2. The van der Waals surface area contributed by atoms with Crippen molar-refractivity contribution < 1.29 is 4.79 Å². The molecule has 2 heterocycles. The predicted octanol–water partition coefficient (Wildman–Crippen LogP) is 2.48. The lowest BCUT2D eigenvalue weighted by Crippen LogP contribution is -2.28. The average Bonchev–Trinajstić information content (AvgIpc) is 3.16. The van der Waals surface area contributed by atoms with Gasteiger partial charge in [0.15, 0.2) is 0 Å². The summed E-state index contributed by atoms with van der Waals surface area (Å²) in [5, 5.41) is 7.75. The molecule has 2 atom stereocenters. The summed E-state index contributed by atoms with van der Waals surface area (Å²) in [6, 6.07) is 17.4. The standard InChI is InChI=1S/C21H21N3O2/c1-24-11-10-15-16(21(24)26)8-5-9-19(15)23-20(25)18-13-22-12-17(18)14-6-3-2-4-7-14/h2-11,17-18,22H,12-13H2,1H3,(H,23,25). The summed E-state index contributed by atoms with van der Waals surface area (Å²) in [4.78, 5) is 25.3. The van der Waals surface area contributed by atoms with E-state index in [1.165, 1.54) is 5.56 Å². The molecule has 5 heteroatoms. The van der Waals surface area contributed by atoms with E-state index < -0.39 is 0 Å². The Morgan fingerprint density at radius 1 is 1.04 bits per heavy atom. The number of hydrogen-bond donors (Lipinski definition) is 2. The van der Waals surface area contributed by atoms with E-state index in [4.69, 9.17) is 0 Å². The zero-order valence-corrected chi connectivity index (χ0v) is 14.6. The third-order valence-corrected chi connectivity index (χ3v) is 5.16. The molecule has 1 aliphatic rings. The van der Waals surface area contributed by atoms with Gasteiger partial charge >= 0.3 is 0 Å². The van der Waals surface area contributed by atoms with Crippen LogP contribution in [-0.4, -0.2) is 23.6 Å². The summed E-state index contributed by atoms with van der Waals surface area (Å²) < 4.78 is 1.54. The first kappa shape index (κ1) is 16.5. The van der Waals surface area contributed by atoms with Gasteiger partial charge in [-0.3, -0.25) is 9.59 Å². The molecule has 0 saturated carbocycles. The van der Waals surface area contributed by atoms with Crippen molar-refractivity contribution >= 4 is 22.4 Å². The van der Waals surface area contributed by atoms with Crippen molar-refractivity contribution in [2.45, 2.75) is 5.92 Å². The van der Waals surface area contributed by atoms with Crippen molar-refractivity contribution in [2.75, 3.05) is 18.4 Å². The zero-order chi connectivity index (χ0) is 18.1. The molecule has 132 valence electrons. The number of aromatic nitrogens is 1. The molecule has 2 N–H and O–H groups in total. The van der Waals surface area contributed by atoms with Gasteiger partial charge in [0.2, 0.25) is 5.91 Å². The van der Waals surface area contributed by atoms with Crippen LogP contribution in [0.25, 0.3) is 10.8 Å². The molecule has 1 aromatic heterocycles. The Hall–Kier alpha value is -2.92. The summed E-state index contributed by atoms with van der Waals surface area (Å²) in [6.45, 7) is 1.44. The van der Waals surface area contributed by atoms with Crippen molar-refractivity contribution in [1.29, 1.82) is 0 Å². The molecular formula is C21H21N3O2. The molecule has 0 spiro atoms. The fourth-order valence-electron chi connectivity index (χ4n) is 3.71. The third-order valence-electron chi connectivity index (χ3n) is 5.16. The van der Waals surface area contributed by atoms with E-state index in [0.717, 1.165) is 11.9 Å². The average molecular weight is 347 g/mol. The zero-order valence-electron chi connectivity index (χ0n) is 14.6. The molecule has 3 aromatic rings. The van der Waals surface area contributed by atoms with Gasteiger partial charge in [-0.15, -0.1) is 0 Å². The van der Waals surface area contributed by atoms with E-state index >= 15 is 0 Å². The second-order valence-electron chi connectivity index (χ2n) is 6.77. The fraction of sp³-hybridized carbons (Fsp3) is 0.238. The number of fused-ring (bicyclic) bond motifs is 1. The van der Waals surface area contributed by atoms with Crippen LogP contribution in [-0.2, 0) is 11.8 Å². The Morgan fingerprint density at radius 3 is 2.65 bits per heavy atom. The minimum Gasteiger partial charge on any atom is -0.325 e. The maximum atomic E-state index is 13.0. The molecule has 1 fully saturated rings. The Morgan fingerprint density at radius 2 is 1.85 bits per heavy atom. The second kappa shape index (κ2) is 6.77. The van der Waals surface area contributed by atoms with Gasteiger partial charge in [0.05, 0.1) is 5.92 Å². The summed E-state index contributed by atoms with van der Waals surface area (Å²) >= 11 is 0. The van der Waals surface area contributed by atoms with Gasteiger partial charge in [-0.25, -0.2) is 0 Å². The van der Waals surface area contributed by atoms with Crippen LogP contribution >= 0.6 is 0 Å². The number of hydrogen-bond acceptors (Lipinski definition) is 3. The molecule has 2 aromatic carbocycles. The minimum atomic E-state index is -0.140. The molecule has 1 amide bonds. The molecule has 0 aliphatic carbocycles. The van der Waals surface area contributed by atoms with E-state index in [1.54, 1.807) is 29.9 Å². The van der Waals surface area contributed by atoms with Crippen molar-refractivity contribution in [3.05, 3.63) is 76.7 Å². The van der Waals surface area contributed by atoms with E-state index in [9.17, 15) is 9.59 Å². The quantitative estimate of drug-likeness (QED) is 0.765. The number of aryl methyl sites for hydroxylation is 1. The van der Waals surface area contributed by atoms with Gasteiger partial charge in [-0.2, -0.15) is 0 Å². The van der Waals surface area contributed by atoms with Gasteiger partial charge in [0.25, 0.3) is 5.56 Å². The van der Waals surface area contributed by atoms with Crippen LogP contribution in [0.3, 0.4) is 0 Å². The van der Waals surface area contributed by atoms with Gasteiger partial charge < -0.3 is 15.2 Å². The lowest BCUT2D eigenvalue weighted by molar-refractivity contribution is -0.119. The largest absolute Gasteiger partial charge is 0.325 e. The highest BCUT2D eigenvalue weighted by Gasteiger charge is 2.34. The van der Waals surface area contributed by atoms with Crippen molar-refractivity contribution in [1.82, 2.24) is 9.88 Å². The fourth-order valence-corrected chi connectivity index (χ4v) is 3.71. The number of amides is 1. The molecule has 5 nitrogen and oxygen atoms in total. The van der Waals surface area contributed by atoms with Crippen LogP contribution in [0.2, 0.25) is 0 Å². The summed E-state index contributed by atoms with van der Waals surface area (Å²) in [5.74, 6) is -0.00437. The monoisotopic (exact) mass is 347 g/mol. The highest BCUT2D eigenvalue weighted by atomic mass is 16.2. The van der Waals surface area contributed by atoms with Crippen LogP contribution in [0, 0.1) is 5.92 Å². The van der Waals surface area contributed by atoms with Crippen molar-refractivity contribution in [3.8, 4) is 0 Å². The molecular weight excluding hydrogens is 326 g/mol. The van der Waals surface area contributed by atoms with Gasteiger partial charge in [-0.05, 0) is 23.8 Å². The number of nitrogens with zero attached hydrogens (tertiary/aromatic N) is 1. The Bertz CT molecular complexity index is 1010. The van der Waals surface area contributed by atoms with Crippen LogP contribution in [0.5, 0.6) is 0 Å². The number of anilines is 1.